The normalized spacial score (nSPS) is 13.9. The molecule has 1 amide bonds. The van der Waals surface area contributed by atoms with Gasteiger partial charge in [-0.05, 0) is 19.1 Å². The molecule has 94 valence electrons. The lowest BCUT2D eigenvalue weighted by Gasteiger charge is -2.19. The number of carbonyl (C=O) groups is 1. The van der Waals surface area contributed by atoms with Crippen LogP contribution in [0.4, 0.5) is 11.5 Å². The third-order valence-corrected chi connectivity index (χ3v) is 2.67. The van der Waals surface area contributed by atoms with Gasteiger partial charge in [-0.15, -0.1) is 0 Å². The van der Waals surface area contributed by atoms with E-state index >= 15 is 0 Å². The minimum absolute atomic E-state index is 0.0869. The number of carbonyl (C=O) groups excluding carboxylic acids is 1. The van der Waals surface area contributed by atoms with Gasteiger partial charge in [0, 0.05) is 26.3 Å². The average molecular weight is 236 g/mol. The van der Waals surface area contributed by atoms with E-state index in [0.717, 1.165) is 5.82 Å². The molecule has 0 radical (unpaired) electrons. The van der Waals surface area contributed by atoms with E-state index in [4.69, 9.17) is 5.73 Å². The molecule has 0 fully saturated rings. The van der Waals surface area contributed by atoms with Crippen molar-refractivity contribution in [3.63, 3.8) is 0 Å². The van der Waals surface area contributed by atoms with E-state index in [9.17, 15) is 4.79 Å². The fraction of sp³-hybridized carbons (Fsp3) is 0.500. The van der Waals surface area contributed by atoms with Gasteiger partial charge in [0.05, 0.1) is 11.6 Å². The van der Waals surface area contributed by atoms with Crippen molar-refractivity contribution in [2.75, 3.05) is 24.3 Å². The highest BCUT2D eigenvalue weighted by atomic mass is 16.1. The minimum atomic E-state index is -0.231. The van der Waals surface area contributed by atoms with Gasteiger partial charge in [0.2, 0.25) is 5.91 Å². The Morgan fingerprint density at radius 3 is 2.65 bits per heavy atom. The summed E-state index contributed by atoms with van der Waals surface area (Å²) in [7, 11) is 3.76. The maximum absolute atomic E-state index is 11.9. The molecular formula is C12H20N4O. The maximum atomic E-state index is 11.9. The molecule has 3 N–H and O–H groups in total. The van der Waals surface area contributed by atoms with E-state index in [1.165, 1.54) is 0 Å². The first-order valence-electron chi connectivity index (χ1n) is 5.62. The molecule has 5 nitrogen and oxygen atoms in total. The molecule has 2 unspecified atom stereocenters. The zero-order valence-electron chi connectivity index (χ0n) is 10.8. The number of aromatic nitrogens is 1. The zero-order valence-corrected chi connectivity index (χ0v) is 10.8. The van der Waals surface area contributed by atoms with E-state index in [1.54, 1.807) is 12.3 Å². The van der Waals surface area contributed by atoms with Crippen molar-refractivity contribution >= 4 is 17.4 Å². The van der Waals surface area contributed by atoms with Gasteiger partial charge in [-0.25, -0.2) is 4.98 Å². The molecule has 2 atom stereocenters. The van der Waals surface area contributed by atoms with Crippen LogP contribution in [0.3, 0.4) is 0 Å². The number of nitrogens with one attached hydrogen (secondary N) is 1. The van der Waals surface area contributed by atoms with Crippen LogP contribution in [0, 0.1) is 5.92 Å². The van der Waals surface area contributed by atoms with Gasteiger partial charge in [0.15, 0.2) is 5.82 Å². The monoisotopic (exact) mass is 236 g/mol. The van der Waals surface area contributed by atoms with E-state index in [2.05, 4.69) is 10.3 Å². The third-order valence-electron chi connectivity index (χ3n) is 2.67. The maximum Gasteiger partial charge on any atom is 0.228 e. The van der Waals surface area contributed by atoms with Crippen molar-refractivity contribution in [3.8, 4) is 0 Å². The van der Waals surface area contributed by atoms with Crippen LogP contribution < -0.4 is 16.0 Å². The number of anilines is 2. The Morgan fingerprint density at radius 2 is 2.12 bits per heavy atom. The van der Waals surface area contributed by atoms with Gasteiger partial charge in [-0.1, -0.05) is 6.92 Å². The Kier molecular flexibility index (Phi) is 4.45. The number of nitrogens with zero attached hydrogens (tertiary/aromatic N) is 2. The molecule has 0 aliphatic carbocycles. The second kappa shape index (κ2) is 5.63. The van der Waals surface area contributed by atoms with Gasteiger partial charge >= 0.3 is 0 Å². The first kappa shape index (κ1) is 13.4. The van der Waals surface area contributed by atoms with Gasteiger partial charge in [-0.2, -0.15) is 0 Å². The minimum Gasteiger partial charge on any atom is -0.361 e. The largest absolute Gasteiger partial charge is 0.361 e. The molecule has 0 bridgehead atoms. The predicted molar refractivity (Wildman–Crippen MR) is 70.0 cm³/mol. The number of rotatable bonds is 4. The van der Waals surface area contributed by atoms with Gasteiger partial charge in [-0.3, -0.25) is 4.79 Å². The smallest absolute Gasteiger partial charge is 0.228 e. The van der Waals surface area contributed by atoms with Crippen LogP contribution in [0.5, 0.6) is 0 Å². The van der Waals surface area contributed by atoms with Gasteiger partial charge in [0.25, 0.3) is 0 Å². The fourth-order valence-electron chi connectivity index (χ4n) is 1.34. The van der Waals surface area contributed by atoms with Crippen molar-refractivity contribution in [1.82, 2.24) is 4.98 Å². The van der Waals surface area contributed by atoms with Crippen molar-refractivity contribution in [1.29, 1.82) is 0 Å². The second-order valence-electron chi connectivity index (χ2n) is 4.41. The summed E-state index contributed by atoms with van der Waals surface area (Å²) in [5, 5.41) is 2.85. The highest BCUT2D eigenvalue weighted by Gasteiger charge is 2.18. The van der Waals surface area contributed by atoms with E-state index in [0.29, 0.717) is 5.69 Å². The first-order chi connectivity index (χ1) is 7.93. The molecule has 0 saturated heterocycles. The summed E-state index contributed by atoms with van der Waals surface area (Å²) in [6.07, 6.45) is 1.69. The molecular weight excluding hydrogens is 216 g/mol. The topological polar surface area (TPSA) is 71.2 Å². The Bertz CT molecular complexity index is 390. The van der Waals surface area contributed by atoms with Crippen LogP contribution in [0.1, 0.15) is 13.8 Å². The van der Waals surface area contributed by atoms with Gasteiger partial charge < -0.3 is 16.0 Å². The number of hydrogen-bond acceptors (Lipinski definition) is 4. The molecule has 5 heteroatoms. The molecule has 17 heavy (non-hydrogen) atoms. The first-order valence-corrected chi connectivity index (χ1v) is 5.62. The highest BCUT2D eigenvalue weighted by Crippen LogP contribution is 2.21. The third kappa shape index (κ3) is 3.42. The molecule has 1 aromatic rings. The Morgan fingerprint density at radius 1 is 1.47 bits per heavy atom. The molecule has 0 aliphatic heterocycles. The van der Waals surface area contributed by atoms with Crippen LogP contribution in [0.25, 0.3) is 0 Å². The molecule has 1 aromatic heterocycles. The SMILES string of the molecule is CC(N)C(C)C(=O)Nc1cccnc1N(C)C. The quantitative estimate of drug-likeness (QED) is 0.820. The van der Waals surface area contributed by atoms with Crippen molar-refractivity contribution in [2.24, 2.45) is 11.7 Å². The van der Waals surface area contributed by atoms with E-state index < -0.39 is 0 Å². The summed E-state index contributed by atoms with van der Waals surface area (Å²) in [6, 6.07) is 3.45. The summed E-state index contributed by atoms with van der Waals surface area (Å²) in [5.74, 6) is 0.416. The summed E-state index contributed by atoms with van der Waals surface area (Å²) in [6.45, 7) is 3.63. The van der Waals surface area contributed by atoms with Crippen LogP contribution in [0.15, 0.2) is 18.3 Å². The predicted octanol–water partition coefficient (Wildman–Crippen LogP) is 1.07. The number of pyridine rings is 1. The molecule has 0 aliphatic rings. The van der Waals surface area contributed by atoms with E-state index in [-0.39, 0.29) is 17.9 Å². The summed E-state index contributed by atoms with van der Waals surface area (Å²) >= 11 is 0. The second-order valence-corrected chi connectivity index (χ2v) is 4.41. The van der Waals surface area contributed by atoms with Crippen molar-refractivity contribution in [2.45, 2.75) is 19.9 Å². The fourth-order valence-corrected chi connectivity index (χ4v) is 1.34. The van der Waals surface area contributed by atoms with Crippen LogP contribution in [-0.2, 0) is 4.79 Å². The molecule has 0 spiro atoms. The van der Waals surface area contributed by atoms with Crippen LogP contribution in [-0.4, -0.2) is 31.0 Å². The Balaban J connectivity index is 2.85. The molecule has 1 rings (SSSR count). The average Bonchev–Trinajstić information content (AvgIpc) is 2.28. The summed E-state index contributed by atoms with van der Waals surface area (Å²) < 4.78 is 0. The molecule has 1 heterocycles. The van der Waals surface area contributed by atoms with Crippen molar-refractivity contribution < 1.29 is 4.79 Å². The zero-order chi connectivity index (χ0) is 13.0. The molecule has 0 aromatic carbocycles. The van der Waals surface area contributed by atoms with Crippen LogP contribution >= 0.6 is 0 Å². The number of nitrogens with two attached hydrogens (primary N) is 1. The summed E-state index contributed by atoms with van der Waals surface area (Å²) in [5.41, 5.74) is 6.41. The number of hydrogen-bond donors (Lipinski definition) is 2. The standard InChI is InChI=1S/C12H20N4O/c1-8(9(2)13)12(17)15-10-6-5-7-14-11(10)16(3)4/h5-9H,13H2,1-4H3,(H,15,17). The Labute approximate surface area is 102 Å². The lowest BCUT2D eigenvalue weighted by atomic mass is 10.0. The summed E-state index contributed by atoms with van der Waals surface area (Å²) in [4.78, 5) is 18.0. The molecule has 0 saturated carbocycles. The van der Waals surface area contributed by atoms with Gasteiger partial charge in [0.1, 0.15) is 0 Å². The van der Waals surface area contributed by atoms with Crippen molar-refractivity contribution in [3.05, 3.63) is 18.3 Å². The van der Waals surface area contributed by atoms with E-state index in [1.807, 2.05) is 38.9 Å². The number of amides is 1. The Hall–Kier alpha value is -1.62. The highest BCUT2D eigenvalue weighted by molar-refractivity contribution is 5.95. The lowest BCUT2D eigenvalue weighted by molar-refractivity contribution is -0.119. The lowest BCUT2D eigenvalue weighted by Crippen LogP contribution is -2.34. The van der Waals surface area contributed by atoms with Crippen LogP contribution in [0.2, 0.25) is 0 Å².